The Balaban J connectivity index is 2.76. The normalized spacial score (nSPS) is 10.6. The highest BCUT2D eigenvalue weighted by Gasteiger charge is 1.90. The summed E-state index contributed by atoms with van der Waals surface area (Å²) < 4.78 is 0. The van der Waals surface area contributed by atoms with Gasteiger partial charge in [0.25, 0.3) is 0 Å². The van der Waals surface area contributed by atoms with Gasteiger partial charge in [-0.3, -0.25) is 0 Å². The Bertz CT molecular complexity index is 79.0. The van der Waals surface area contributed by atoms with Crippen LogP contribution in [0, 0.1) is 0 Å². The Kier molecular flexibility index (Phi) is 12.3. The van der Waals surface area contributed by atoms with Gasteiger partial charge in [-0.2, -0.15) is 0 Å². The van der Waals surface area contributed by atoms with Crippen molar-refractivity contribution in [1.82, 2.24) is 9.96 Å². The van der Waals surface area contributed by atoms with Crippen molar-refractivity contribution in [3.05, 3.63) is 0 Å². The molecule has 0 aliphatic carbocycles. The molecule has 0 saturated carbocycles. The van der Waals surface area contributed by atoms with Crippen LogP contribution in [0.4, 0.5) is 0 Å². The molecule has 2 N–H and O–H groups in total. The topological polar surface area (TPSA) is 24.1 Å². The molecule has 0 fully saturated rings. The van der Waals surface area contributed by atoms with Crippen LogP contribution in [0.2, 0.25) is 0 Å². The summed E-state index contributed by atoms with van der Waals surface area (Å²) in [5.41, 5.74) is 0. The molecule has 3 heteroatoms. The van der Waals surface area contributed by atoms with Crippen molar-refractivity contribution >= 4 is 9.84 Å². The second-order valence-corrected chi connectivity index (χ2v) is 4.35. The maximum absolute atomic E-state index is 3.41. The standard InChI is InChI=1S/C10H24N2Si/c1-3-5-7-9-11-13-12-10-8-6-4-2/h11-12H,3-10H2,1-2H3. The maximum atomic E-state index is 3.41. The van der Waals surface area contributed by atoms with E-state index in [0.717, 1.165) is 9.84 Å². The van der Waals surface area contributed by atoms with Crippen molar-refractivity contribution in [3.8, 4) is 0 Å². The molecule has 0 atom stereocenters. The predicted molar refractivity (Wildman–Crippen MR) is 60.8 cm³/mol. The number of hydrogen-bond donors (Lipinski definition) is 2. The molecule has 0 aliphatic rings. The van der Waals surface area contributed by atoms with Crippen LogP contribution >= 0.6 is 0 Å². The largest absolute Gasteiger partial charge is 0.326 e. The van der Waals surface area contributed by atoms with E-state index >= 15 is 0 Å². The molecule has 78 valence electrons. The van der Waals surface area contributed by atoms with E-state index in [0.29, 0.717) is 0 Å². The molecule has 0 spiro atoms. The molecule has 0 saturated heterocycles. The van der Waals surface area contributed by atoms with Gasteiger partial charge in [0.15, 0.2) is 0 Å². The van der Waals surface area contributed by atoms with E-state index in [1.807, 2.05) is 0 Å². The van der Waals surface area contributed by atoms with Crippen molar-refractivity contribution in [2.75, 3.05) is 13.1 Å². The third kappa shape index (κ3) is 12.1. The highest BCUT2D eigenvalue weighted by atomic mass is 28.2. The molecular formula is C10H24N2Si. The molecule has 0 unspecified atom stereocenters. The minimum absolute atomic E-state index is 0.755. The van der Waals surface area contributed by atoms with Gasteiger partial charge in [-0.25, -0.2) is 0 Å². The van der Waals surface area contributed by atoms with Crippen molar-refractivity contribution < 1.29 is 0 Å². The van der Waals surface area contributed by atoms with Crippen molar-refractivity contribution in [2.45, 2.75) is 52.4 Å². The molecule has 0 amide bonds. The van der Waals surface area contributed by atoms with E-state index < -0.39 is 0 Å². The van der Waals surface area contributed by atoms with Crippen LogP contribution in [0.1, 0.15) is 52.4 Å². The third-order valence-corrected chi connectivity index (χ3v) is 2.84. The summed E-state index contributed by atoms with van der Waals surface area (Å²) in [6.45, 7) is 6.83. The van der Waals surface area contributed by atoms with Crippen molar-refractivity contribution in [3.63, 3.8) is 0 Å². The Morgan fingerprint density at radius 2 is 1.23 bits per heavy atom. The predicted octanol–water partition coefficient (Wildman–Crippen LogP) is 2.08. The quantitative estimate of drug-likeness (QED) is 0.417. The summed E-state index contributed by atoms with van der Waals surface area (Å²) in [6.07, 6.45) is 7.98. The lowest BCUT2D eigenvalue weighted by atomic mass is 10.3. The van der Waals surface area contributed by atoms with Gasteiger partial charge < -0.3 is 9.96 Å². The molecule has 0 aromatic rings. The Labute approximate surface area is 85.9 Å². The summed E-state index contributed by atoms with van der Waals surface area (Å²) in [4.78, 5) is 6.83. The average molecular weight is 200 g/mol. The number of unbranched alkanes of at least 4 members (excludes halogenated alkanes) is 4. The minimum atomic E-state index is 0.755. The highest BCUT2D eigenvalue weighted by molar-refractivity contribution is 6.28. The Morgan fingerprint density at radius 1 is 0.769 bits per heavy atom. The van der Waals surface area contributed by atoms with Crippen LogP contribution in [0.3, 0.4) is 0 Å². The van der Waals surface area contributed by atoms with E-state index in [1.165, 1.54) is 51.6 Å². The monoisotopic (exact) mass is 200 g/mol. The van der Waals surface area contributed by atoms with Crippen molar-refractivity contribution in [1.29, 1.82) is 0 Å². The lowest BCUT2D eigenvalue weighted by molar-refractivity contribution is 0.681. The van der Waals surface area contributed by atoms with Crippen LogP contribution in [0.15, 0.2) is 0 Å². The van der Waals surface area contributed by atoms with Gasteiger partial charge in [0.1, 0.15) is 0 Å². The van der Waals surface area contributed by atoms with Crippen LogP contribution in [0.25, 0.3) is 0 Å². The fraction of sp³-hybridized carbons (Fsp3) is 1.00. The zero-order chi connectivity index (χ0) is 9.78. The molecule has 0 aliphatic heterocycles. The van der Waals surface area contributed by atoms with E-state index in [4.69, 9.17) is 0 Å². The van der Waals surface area contributed by atoms with Crippen LogP contribution in [-0.2, 0) is 0 Å². The maximum Gasteiger partial charge on any atom is 0.245 e. The average Bonchev–Trinajstić information content (AvgIpc) is 2.16. The Morgan fingerprint density at radius 3 is 1.62 bits per heavy atom. The van der Waals surface area contributed by atoms with Gasteiger partial charge in [-0.1, -0.05) is 39.5 Å². The first kappa shape index (κ1) is 13.1. The molecule has 2 nitrogen and oxygen atoms in total. The second-order valence-electron chi connectivity index (χ2n) is 3.39. The molecular weight excluding hydrogens is 176 g/mol. The van der Waals surface area contributed by atoms with E-state index in [1.54, 1.807) is 0 Å². The van der Waals surface area contributed by atoms with E-state index in [2.05, 4.69) is 23.8 Å². The van der Waals surface area contributed by atoms with Gasteiger partial charge in [0.05, 0.1) is 0 Å². The molecule has 0 bridgehead atoms. The lowest BCUT2D eigenvalue weighted by Gasteiger charge is -2.03. The zero-order valence-corrected chi connectivity index (χ0v) is 10.2. The van der Waals surface area contributed by atoms with E-state index in [9.17, 15) is 0 Å². The molecule has 2 radical (unpaired) electrons. The molecule has 0 aromatic carbocycles. The molecule has 0 heterocycles. The lowest BCUT2D eigenvalue weighted by Crippen LogP contribution is -2.34. The molecule has 0 aromatic heterocycles. The third-order valence-electron chi connectivity index (χ3n) is 1.99. The number of hydrogen-bond acceptors (Lipinski definition) is 2. The van der Waals surface area contributed by atoms with Gasteiger partial charge in [-0.05, 0) is 25.9 Å². The summed E-state index contributed by atoms with van der Waals surface area (Å²) in [5.74, 6) is 0. The van der Waals surface area contributed by atoms with Gasteiger partial charge in [-0.15, -0.1) is 0 Å². The first-order valence-corrected chi connectivity index (χ1v) is 6.62. The molecule has 13 heavy (non-hydrogen) atoms. The van der Waals surface area contributed by atoms with Crippen LogP contribution in [-0.4, -0.2) is 22.9 Å². The SMILES string of the molecule is CCCCCN[Si]NCCCCC. The highest BCUT2D eigenvalue weighted by Crippen LogP contribution is 1.91. The smallest absolute Gasteiger partial charge is 0.245 e. The number of rotatable bonds is 10. The summed E-state index contributed by atoms with van der Waals surface area (Å²) in [7, 11) is 0.755. The first-order valence-electron chi connectivity index (χ1n) is 5.62. The fourth-order valence-electron chi connectivity index (χ4n) is 1.11. The second kappa shape index (κ2) is 12.1. The Hall–Kier alpha value is 0.137. The van der Waals surface area contributed by atoms with E-state index in [-0.39, 0.29) is 0 Å². The minimum Gasteiger partial charge on any atom is -0.326 e. The van der Waals surface area contributed by atoms with Crippen LogP contribution in [0.5, 0.6) is 0 Å². The van der Waals surface area contributed by atoms with Crippen molar-refractivity contribution in [2.24, 2.45) is 0 Å². The summed E-state index contributed by atoms with van der Waals surface area (Å²) in [6, 6.07) is 0. The summed E-state index contributed by atoms with van der Waals surface area (Å²) >= 11 is 0. The fourth-order valence-corrected chi connectivity index (χ4v) is 1.84. The zero-order valence-electron chi connectivity index (χ0n) is 9.16. The first-order chi connectivity index (χ1) is 6.41. The number of nitrogens with one attached hydrogen (secondary N) is 2. The van der Waals surface area contributed by atoms with Crippen LogP contribution < -0.4 is 9.96 Å². The molecule has 0 rings (SSSR count). The summed E-state index contributed by atoms with van der Waals surface area (Å²) in [5, 5.41) is 0. The van der Waals surface area contributed by atoms with Gasteiger partial charge in [0, 0.05) is 0 Å². The van der Waals surface area contributed by atoms with Gasteiger partial charge in [0.2, 0.25) is 9.84 Å². The van der Waals surface area contributed by atoms with Gasteiger partial charge >= 0.3 is 0 Å².